The largest absolute Gasteiger partial charge is 0.477 e. The zero-order valence-corrected chi connectivity index (χ0v) is 15.6. The van der Waals surface area contributed by atoms with Gasteiger partial charge in [-0.15, -0.1) is 0 Å². The molecule has 0 aliphatic heterocycles. The van der Waals surface area contributed by atoms with Gasteiger partial charge >= 0.3 is 5.97 Å². The number of aliphatic hydroxyl groups is 1. The van der Waals surface area contributed by atoms with Gasteiger partial charge in [-0.2, -0.15) is 0 Å². The van der Waals surface area contributed by atoms with E-state index in [4.69, 9.17) is 17.3 Å². The minimum Gasteiger partial charge on any atom is -0.477 e. The summed E-state index contributed by atoms with van der Waals surface area (Å²) in [6, 6.07) is 3.38. The monoisotopic (exact) mass is 377 g/mol. The van der Waals surface area contributed by atoms with Crippen molar-refractivity contribution >= 4 is 23.3 Å². The van der Waals surface area contributed by atoms with Gasteiger partial charge in [-0.05, 0) is 37.6 Å². The van der Waals surface area contributed by atoms with Crippen molar-refractivity contribution in [2.24, 2.45) is 5.73 Å². The Morgan fingerprint density at radius 2 is 2.15 bits per heavy atom. The third-order valence-electron chi connectivity index (χ3n) is 4.09. The Morgan fingerprint density at radius 3 is 2.77 bits per heavy atom. The first-order valence-electron chi connectivity index (χ1n) is 8.34. The van der Waals surface area contributed by atoms with Gasteiger partial charge in [-0.3, -0.25) is 0 Å². The highest BCUT2D eigenvalue weighted by Gasteiger charge is 2.16. The molecule has 0 aromatic carbocycles. The van der Waals surface area contributed by atoms with Crippen LogP contribution in [-0.4, -0.2) is 44.8 Å². The van der Waals surface area contributed by atoms with Crippen LogP contribution in [0, 0.1) is 0 Å². The summed E-state index contributed by atoms with van der Waals surface area (Å²) in [5.41, 5.74) is 8.10. The Balaban J connectivity index is 2.28. The summed E-state index contributed by atoms with van der Waals surface area (Å²) in [5.74, 6) is -0.962. The maximum absolute atomic E-state index is 11.3. The summed E-state index contributed by atoms with van der Waals surface area (Å²) in [4.78, 5) is 13.2. The molecule has 1 heterocycles. The zero-order valence-electron chi connectivity index (χ0n) is 14.9. The number of nitrogens with two attached hydrogens (primary N) is 1. The van der Waals surface area contributed by atoms with Crippen LogP contribution in [0.2, 0.25) is 0 Å². The molecule has 0 bridgehead atoms. The third kappa shape index (κ3) is 4.59. The summed E-state index contributed by atoms with van der Waals surface area (Å²) in [6.45, 7) is 4.21. The normalized spacial score (nSPS) is 15.3. The van der Waals surface area contributed by atoms with Crippen LogP contribution in [0.4, 0.5) is 0 Å². The Hall–Kier alpha value is -2.44. The van der Waals surface area contributed by atoms with Gasteiger partial charge in [0.15, 0.2) is 0 Å². The van der Waals surface area contributed by atoms with Gasteiger partial charge in [-0.1, -0.05) is 29.8 Å². The number of aromatic carboxylic acids is 1. The van der Waals surface area contributed by atoms with Crippen LogP contribution in [0.15, 0.2) is 59.1 Å². The highest BCUT2D eigenvalue weighted by Crippen LogP contribution is 2.22. The van der Waals surface area contributed by atoms with Crippen LogP contribution in [0.5, 0.6) is 0 Å². The quantitative estimate of drug-likeness (QED) is 0.635. The molecule has 6 nitrogen and oxygen atoms in total. The molecule has 140 valence electrons. The molecule has 26 heavy (non-hydrogen) atoms. The average Bonchev–Trinajstić information content (AvgIpc) is 2.98. The van der Waals surface area contributed by atoms with Crippen molar-refractivity contribution in [1.29, 1.82) is 0 Å². The van der Waals surface area contributed by atoms with E-state index in [-0.39, 0.29) is 24.0 Å². The maximum Gasteiger partial charge on any atom is 0.352 e. The second-order valence-corrected chi connectivity index (χ2v) is 6.63. The number of carboxylic acid groups (broad SMARTS) is 1. The van der Waals surface area contributed by atoms with Crippen molar-refractivity contribution in [1.82, 2.24) is 9.47 Å². The number of carbonyl (C=O) groups is 1. The van der Waals surface area contributed by atoms with Crippen LogP contribution >= 0.6 is 11.6 Å². The van der Waals surface area contributed by atoms with Crippen molar-refractivity contribution in [2.45, 2.75) is 26.3 Å². The molecule has 1 aliphatic carbocycles. The van der Waals surface area contributed by atoms with Crippen molar-refractivity contribution in [3.8, 4) is 0 Å². The van der Waals surface area contributed by atoms with E-state index in [1.807, 2.05) is 43.1 Å². The van der Waals surface area contributed by atoms with E-state index >= 15 is 0 Å². The van der Waals surface area contributed by atoms with Gasteiger partial charge in [0.25, 0.3) is 0 Å². The fourth-order valence-corrected chi connectivity index (χ4v) is 2.99. The number of aliphatic hydroxyl groups excluding tert-OH is 1. The van der Waals surface area contributed by atoms with E-state index in [0.29, 0.717) is 18.1 Å². The number of allylic oxidation sites excluding steroid dienone is 4. The molecular weight excluding hydrogens is 354 g/mol. The molecule has 0 saturated carbocycles. The maximum atomic E-state index is 11.3. The van der Waals surface area contributed by atoms with Gasteiger partial charge in [-0.25, -0.2) is 4.79 Å². The summed E-state index contributed by atoms with van der Waals surface area (Å²) in [7, 11) is 0. The van der Waals surface area contributed by atoms with Gasteiger partial charge in [0, 0.05) is 30.9 Å². The lowest BCUT2D eigenvalue weighted by Gasteiger charge is -2.29. The second-order valence-electron chi connectivity index (χ2n) is 6.27. The van der Waals surface area contributed by atoms with Crippen LogP contribution in [0.3, 0.4) is 0 Å². The number of aromatic nitrogens is 1. The molecule has 0 unspecified atom stereocenters. The minimum atomic E-state index is -0.962. The number of halogens is 1. The molecule has 0 amide bonds. The Labute approximate surface area is 158 Å². The molecule has 1 aromatic heterocycles. The smallest absolute Gasteiger partial charge is 0.352 e. The van der Waals surface area contributed by atoms with E-state index in [9.17, 15) is 15.0 Å². The van der Waals surface area contributed by atoms with Crippen LogP contribution in [0.1, 0.15) is 30.8 Å². The molecule has 0 atom stereocenters. The van der Waals surface area contributed by atoms with Crippen LogP contribution < -0.4 is 5.73 Å². The van der Waals surface area contributed by atoms with Crippen LogP contribution in [-0.2, 0) is 0 Å². The number of nitrogens with zero attached hydrogens (tertiary/aromatic N) is 2. The first kappa shape index (κ1) is 19.9. The van der Waals surface area contributed by atoms with E-state index in [1.54, 1.807) is 22.9 Å². The van der Waals surface area contributed by atoms with E-state index in [0.717, 1.165) is 11.3 Å². The number of hydrogen-bond acceptors (Lipinski definition) is 4. The molecule has 0 saturated heterocycles. The lowest BCUT2D eigenvalue weighted by molar-refractivity contribution is 0.0688. The highest BCUT2D eigenvalue weighted by atomic mass is 35.5. The molecule has 1 aromatic rings. The molecule has 2 rings (SSSR count). The Morgan fingerprint density at radius 1 is 1.42 bits per heavy atom. The zero-order chi connectivity index (χ0) is 19.3. The lowest BCUT2D eigenvalue weighted by atomic mass is 10.2. The predicted octanol–water partition coefficient (Wildman–Crippen LogP) is 2.98. The first-order valence-corrected chi connectivity index (χ1v) is 8.71. The summed E-state index contributed by atoms with van der Waals surface area (Å²) in [6.07, 6.45) is 10.2. The summed E-state index contributed by atoms with van der Waals surface area (Å²) in [5, 5.41) is 18.8. The van der Waals surface area contributed by atoms with Gasteiger partial charge in [0.1, 0.15) is 10.9 Å². The molecular formula is C19H24ClN3O3. The topological polar surface area (TPSA) is 91.7 Å². The van der Waals surface area contributed by atoms with E-state index in [2.05, 4.69) is 0 Å². The highest BCUT2D eigenvalue weighted by molar-refractivity contribution is 6.29. The van der Waals surface area contributed by atoms with Gasteiger partial charge in [0.05, 0.1) is 12.3 Å². The second kappa shape index (κ2) is 8.78. The third-order valence-corrected chi connectivity index (χ3v) is 4.55. The number of hydrogen-bond donors (Lipinski definition) is 3. The predicted molar refractivity (Wildman–Crippen MR) is 103 cm³/mol. The Bertz CT molecular complexity index is 788. The van der Waals surface area contributed by atoms with E-state index in [1.165, 1.54) is 0 Å². The SMILES string of the molecule is CC(C)N(CC1=CC=C(n2cccc2C(=O)O)CC=C1)/C(Cl)=C(\N)CO. The molecule has 0 spiro atoms. The summed E-state index contributed by atoms with van der Waals surface area (Å²) < 4.78 is 1.67. The fourth-order valence-electron chi connectivity index (χ4n) is 2.67. The molecule has 1 aliphatic rings. The van der Waals surface area contributed by atoms with Crippen molar-refractivity contribution in [3.63, 3.8) is 0 Å². The first-order chi connectivity index (χ1) is 12.3. The standard InChI is InChI=1S/C19H24ClN3O3/c1-13(2)23(18(20)16(21)12-24)11-14-5-3-6-15(9-8-14)22-10-4-7-17(22)19(25)26/h3-5,7-10,13,24H,6,11-12,21H2,1-2H3,(H,25,26)/b18-16-. The van der Waals surface area contributed by atoms with Crippen molar-refractivity contribution in [3.05, 3.63) is 64.8 Å². The number of rotatable bonds is 7. The number of carboxylic acids is 1. The molecule has 0 fully saturated rings. The summed E-state index contributed by atoms with van der Waals surface area (Å²) >= 11 is 6.30. The molecule has 4 N–H and O–H groups in total. The van der Waals surface area contributed by atoms with Gasteiger partial charge in [0.2, 0.25) is 0 Å². The van der Waals surface area contributed by atoms with E-state index < -0.39 is 5.97 Å². The van der Waals surface area contributed by atoms with Crippen molar-refractivity contribution < 1.29 is 15.0 Å². The van der Waals surface area contributed by atoms with Crippen molar-refractivity contribution in [2.75, 3.05) is 13.2 Å². The molecule has 7 heteroatoms. The minimum absolute atomic E-state index is 0.0941. The molecule has 0 radical (unpaired) electrons. The fraction of sp³-hybridized carbons (Fsp3) is 0.316. The van der Waals surface area contributed by atoms with Gasteiger partial charge < -0.3 is 25.4 Å². The Kier molecular flexibility index (Phi) is 6.71. The lowest BCUT2D eigenvalue weighted by Crippen LogP contribution is -2.32. The average molecular weight is 378 g/mol. The van der Waals surface area contributed by atoms with Crippen LogP contribution in [0.25, 0.3) is 5.70 Å².